The number of aromatic nitrogens is 1. The first-order valence-electron chi connectivity index (χ1n) is 2.64. The summed E-state index contributed by atoms with van der Waals surface area (Å²) in [5.41, 5.74) is 6.05. The summed E-state index contributed by atoms with van der Waals surface area (Å²) in [6.07, 6.45) is 2.01. The lowest BCUT2D eigenvalue weighted by atomic mass is 10.2. The lowest BCUT2D eigenvalue weighted by molar-refractivity contribution is 0.299. The van der Waals surface area contributed by atoms with E-state index in [1.54, 1.807) is 0 Å². The highest BCUT2D eigenvalue weighted by Crippen LogP contribution is 2.08. The molecule has 0 spiro atoms. The van der Waals surface area contributed by atoms with Gasteiger partial charge in [0.2, 0.25) is 5.88 Å². The number of aliphatic hydroxyl groups is 1. The lowest BCUT2D eigenvalue weighted by Crippen LogP contribution is -1.92. The van der Waals surface area contributed by atoms with E-state index in [1.807, 2.05) is 0 Å². The van der Waals surface area contributed by atoms with E-state index < -0.39 is 0 Å². The van der Waals surface area contributed by atoms with E-state index in [1.165, 1.54) is 6.20 Å². The third-order valence-corrected chi connectivity index (χ3v) is 1.06. The zero-order valence-corrected chi connectivity index (χ0v) is 4.87. The number of hydrogen-bond acceptors (Lipinski definition) is 4. The zero-order valence-electron chi connectivity index (χ0n) is 4.87. The fourth-order valence-corrected chi connectivity index (χ4v) is 0.577. The number of nitrogen functional groups attached to an aromatic ring is 1. The van der Waals surface area contributed by atoms with Gasteiger partial charge in [-0.15, -0.1) is 0 Å². The van der Waals surface area contributed by atoms with Gasteiger partial charge in [-0.3, -0.25) is 0 Å². The van der Waals surface area contributed by atoms with E-state index in [-0.39, 0.29) is 6.61 Å². The summed E-state index contributed by atoms with van der Waals surface area (Å²) in [6, 6.07) is 0. The third-order valence-electron chi connectivity index (χ3n) is 1.06. The van der Waals surface area contributed by atoms with Gasteiger partial charge in [0.15, 0.2) is 0 Å². The second-order valence-corrected chi connectivity index (χ2v) is 1.69. The molecule has 1 heterocycles. The number of nitrogens with zero attached hydrogens (tertiary/aromatic N) is 1. The number of rotatable bonds is 2. The maximum absolute atomic E-state index is 8.44. The summed E-state index contributed by atoms with van der Waals surface area (Å²) in [5.74, 6) is 0.295. The summed E-state index contributed by atoms with van der Waals surface area (Å²) in [5, 5.41) is 11.9. The van der Waals surface area contributed by atoms with Gasteiger partial charge in [0, 0.05) is 18.6 Å². The fraction of sp³-hybridized carbons (Fsp3) is 0.400. The van der Waals surface area contributed by atoms with Crippen LogP contribution in [-0.4, -0.2) is 16.9 Å². The molecule has 0 unspecified atom stereocenters. The van der Waals surface area contributed by atoms with Crippen LogP contribution in [-0.2, 0) is 6.42 Å². The Hall–Kier alpha value is -1.03. The predicted molar refractivity (Wildman–Crippen MR) is 31.7 cm³/mol. The molecule has 0 saturated heterocycles. The Labute approximate surface area is 52.3 Å². The van der Waals surface area contributed by atoms with Gasteiger partial charge in [0.05, 0.1) is 6.20 Å². The Morgan fingerprint density at radius 3 is 3.00 bits per heavy atom. The molecule has 0 aliphatic carbocycles. The average Bonchev–Trinajstić information content (AvgIpc) is 2.18. The van der Waals surface area contributed by atoms with E-state index in [4.69, 9.17) is 10.8 Å². The molecule has 0 saturated carbocycles. The van der Waals surface area contributed by atoms with Crippen molar-refractivity contribution < 1.29 is 9.63 Å². The molecule has 4 heteroatoms. The number of aliphatic hydroxyl groups excluding tert-OH is 1. The first-order chi connectivity index (χ1) is 4.34. The van der Waals surface area contributed by atoms with E-state index in [2.05, 4.69) is 9.68 Å². The molecule has 1 aromatic rings. The van der Waals surface area contributed by atoms with E-state index in [0.29, 0.717) is 12.3 Å². The predicted octanol–water partition coefficient (Wildman–Crippen LogP) is -0.208. The molecule has 0 amide bonds. The van der Waals surface area contributed by atoms with Crippen LogP contribution >= 0.6 is 0 Å². The van der Waals surface area contributed by atoms with Crippen LogP contribution in [0.15, 0.2) is 10.7 Å². The van der Waals surface area contributed by atoms with Gasteiger partial charge in [0.25, 0.3) is 0 Å². The molecule has 0 aromatic carbocycles. The molecule has 0 fully saturated rings. The molecule has 0 atom stereocenters. The first kappa shape index (κ1) is 6.10. The minimum absolute atomic E-state index is 0.0748. The molecule has 0 radical (unpaired) electrons. The van der Waals surface area contributed by atoms with Gasteiger partial charge in [-0.25, -0.2) is 0 Å². The van der Waals surface area contributed by atoms with E-state index in [9.17, 15) is 0 Å². The Bertz CT molecular complexity index is 185. The molecule has 0 bridgehead atoms. The summed E-state index contributed by atoms with van der Waals surface area (Å²) < 4.78 is 4.53. The van der Waals surface area contributed by atoms with Crippen LogP contribution in [0.2, 0.25) is 0 Å². The van der Waals surface area contributed by atoms with Crippen molar-refractivity contribution in [1.82, 2.24) is 5.16 Å². The maximum atomic E-state index is 8.44. The highest BCUT2D eigenvalue weighted by Gasteiger charge is 2.00. The Balaban J connectivity index is 2.69. The van der Waals surface area contributed by atoms with Crippen molar-refractivity contribution in [1.29, 1.82) is 0 Å². The molecule has 0 aliphatic rings. The van der Waals surface area contributed by atoms with Crippen molar-refractivity contribution in [3.05, 3.63) is 11.8 Å². The smallest absolute Gasteiger partial charge is 0.225 e. The van der Waals surface area contributed by atoms with Crippen LogP contribution in [0.4, 0.5) is 5.88 Å². The largest absolute Gasteiger partial charge is 0.396 e. The first-order valence-corrected chi connectivity index (χ1v) is 2.64. The van der Waals surface area contributed by atoms with Crippen molar-refractivity contribution in [2.45, 2.75) is 6.42 Å². The van der Waals surface area contributed by atoms with Crippen LogP contribution in [0, 0.1) is 0 Å². The van der Waals surface area contributed by atoms with Gasteiger partial charge in [-0.2, -0.15) is 0 Å². The van der Waals surface area contributed by atoms with Gasteiger partial charge in [0.1, 0.15) is 0 Å². The van der Waals surface area contributed by atoms with Gasteiger partial charge >= 0.3 is 0 Å². The van der Waals surface area contributed by atoms with Crippen LogP contribution in [0.25, 0.3) is 0 Å². The molecule has 1 rings (SSSR count). The van der Waals surface area contributed by atoms with Crippen LogP contribution in [0.1, 0.15) is 5.56 Å². The Morgan fingerprint density at radius 2 is 2.56 bits per heavy atom. The average molecular weight is 128 g/mol. The SMILES string of the molecule is Nc1oncc1CCO. The van der Waals surface area contributed by atoms with Crippen molar-refractivity contribution in [2.75, 3.05) is 12.3 Å². The monoisotopic (exact) mass is 128 g/mol. The minimum Gasteiger partial charge on any atom is -0.396 e. The zero-order chi connectivity index (χ0) is 6.69. The third kappa shape index (κ3) is 1.20. The Morgan fingerprint density at radius 1 is 1.78 bits per heavy atom. The van der Waals surface area contributed by atoms with Crippen LogP contribution in [0.3, 0.4) is 0 Å². The molecule has 9 heavy (non-hydrogen) atoms. The van der Waals surface area contributed by atoms with Crippen LogP contribution in [0.5, 0.6) is 0 Å². The second-order valence-electron chi connectivity index (χ2n) is 1.69. The lowest BCUT2D eigenvalue weighted by Gasteiger charge is -1.88. The van der Waals surface area contributed by atoms with Crippen molar-refractivity contribution >= 4 is 5.88 Å². The Kier molecular flexibility index (Phi) is 1.69. The molecular formula is C5H8N2O2. The van der Waals surface area contributed by atoms with Crippen molar-refractivity contribution in [2.24, 2.45) is 0 Å². The summed E-state index contributed by atoms with van der Waals surface area (Å²) in [7, 11) is 0. The molecule has 4 nitrogen and oxygen atoms in total. The summed E-state index contributed by atoms with van der Waals surface area (Å²) in [6.45, 7) is 0.0748. The van der Waals surface area contributed by atoms with Gasteiger partial charge < -0.3 is 15.4 Å². The fourth-order valence-electron chi connectivity index (χ4n) is 0.577. The second kappa shape index (κ2) is 2.50. The molecule has 3 N–H and O–H groups in total. The quantitative estimate of drug-likeness (QED) is 0.578. The van der Waals surface area contributed by atoms with Gasteiger partial charge in [-0.05, 0) is 0 Å². The van der Waals surface area contributed by atoms with Crippen LogP contribution < -0.4 is 5.73 Å². The van der Waals surface area contributed by atoms with Gasteiger partial charge in [-0.1, -0.05) is 5.16 Å². The maximum Gasteiger partial charge on any atom is 0.225 e. The number of anilines is 1. The van der Waals surface area contributed by atoms with Crippen molar-refractivity contribution in [3.8, 4) is 0 Å². The molecule has 50 valence electrons. The molecule has 0 aliphatic heterocycles. The number of nitrogens with two attached hydrogens (primary N) is 1. The van der Waals surface area contributed by atoms with Crippen molar-refractivity contribution in [3.63, 3.8) is 0 Å². The van der Waals surface area contributed by atoms with E-state index in [0.717, 1.165) is 5.56 Å². The van der Waals surface area contributed by atoms with E-state index >= 15 is 0 Å². The highest BCUT2D eigenvalue weighted by atomic mass is 16.5. The standard InChI is InChI=1S/C5H8N2O2/c6-5-4(1-2-8)3-7-9-5/h3,8H,1-2,6H2. The highest BCUT2D eigenvalue weighted by molar-refractivity contribution is 5.33. The topological polar surface area (TPSA) is 72.3 Å². The molecule has 1 aromatic heterocycles. The normalized spacial score (nSPS) is 9.89. The summed E-state index contributed by atoms with van der Waals surface area (Å²) in [4.78, 5) is 0. The molecular weight excluding hydrogens is 120 g/mol. The summed E-state index contributed by atoms with van der Waals surface area (Å²) >= 11 is 0. The minimum atomic E-state index is 0.0748. The number of hydrogen-bond donors (Lipinski definition) is 2.